The van der Waals surface area contributed by atoms with Crippen molar-refractivity contribution in [2.24, 2.45) is 5.10 Å². The number of fused-ring (bicyclic) bond motifs is 1. The molecule has 0 aliphatic heterocycles. The van der Waals surface area contributed by atoms with Crippen molar-refractivity contribution in [3.8, 4) is 11.4 Å². The molecule has 196 valence electrons. The molecule has 0 bridgehead atoms. The van der Waals surface area contributed by atoms with Crippen molar-refractivity contribution in [2.45, 2.75) is 13.8 Å². The van der Waals surface area contributed by atoms with E-state index in [1.54, 1.807) is 42.5 Å². The number of aromatic nitrogens is 3. The van der Waals surface area contributed by atoms with Crippen molar-refractivity contribution in [3.63, 3.8) is 0 Å². The Balaban J connectivity index is 1.31. The molecule has 39 heavy (non-hydrogen) atoms. The standard InChI is InChI=1S/C29H24FN5O4/c1-18-14-20(16-31-35-28(37)25-8-3-4-9-26(25)33-29(35)38)19(2)34(18)23-10-12-24(13-11-23)39-17-27(36)32-22-7-5-6-21(30)15-22/h3-16H,17H2,1-2H3,(H,32,36)(H,33,38). The lowest BCUT2D eigenvalue weighted by Crippen LogP contribution is -2.32. The molecule has 0 unspecified atom stereocenters. The Kier molecular flexibility index (Phi) is 6.92. The lowest BCUT2D eigenvalue weighted by Gasteiger charge is -2.11. The Morgan fingerprint density at radius 1 is 1.03 bits per heavy atom. The first-order chi connectivity index (χ1) is 18.8. The third kappa shape index (κ3) is 5.40. The van der Waals surface area contributed by atoms with Gasteiger partial charge >= 0.3 is 5.69 Å². The van der Waals surface area contributed by atoms with Crippen LogP contribution in [0.15, 0.2) is 93.6 Å². The zero-order valence-corrected chi connectivity index (χ0v) is 21.1. The lowest BCUT2D eigenvalue weighted by molar-refractivity contribution is -0.118. The highest BCUT2D eigenvalue weighted by Gasteiger charge is 2.12. The number of ether oxygens (including phenoxy) is 1. The summed E-state index contributed by atoms with van der Waals surface area (Å²) in [4.78, 5) is 40.0. The minimum Gasteiger partial charge on any atom is -0.484 e. The van der Waals surface area contributed by atoms with E-state index in [0.717, 1.165) is 27.3 Å². The van der Waals surface area contributed by atoms with Gasteiger partial charge in [0.05, 0.1) is 17.1 Å². The van der Waals surface area contributed by atoms with Crippen molar-refractivity contribution in [3.05, 3.63) is 122 Å². The van der Waals surface area contributed by atoms with Crippen LogP contribution >= 0.6 is 0 Å². The van der Waals surface area contributed by atoms with Gasteiger partial charge in [0.25, 0.3) is 11.5 Å². The number of hydrogen-bond donors (Lipinski definition) is 2. The fraction of sp³-hybridized carbons (Fsp3) is 0.103. The predicted molar refractivity (Wildman–Crippen MR) is 148 cm³/mol. The molecule has 5 rings (SSSR count). The van der Waals surface area contributed by atoms with Crippen molar-refractivity contribution in [1.82, 2.24) is 14.2 Å². The average molecular weight is 526 g/mol. The Hall–Kier alpha value is -5.25. The summed E-state index contributed by atoms with van der Waals surface area (Å²) in [5.41, 5.74) is 3.04. The number of carbonyl (C=O) groups is 1. The van der Waals surface area contributed by atoms with Crippen LogP contribution in [0.4, 0.5) is 10.1 Å². The van der Waals surface area contributed by atoms with Gasteiger partial charge in [-0.05, 0) is 74.5 Å². The van der Waals surface area contributed by atoms with Crippen LogP contribution < -0.4 is 21.3 Å². The normalized spacial score (nSPS) is 11.3. The van der Waals surface area contributed by atoms with Crippen LogP contribution in [0.2, 0.25) is 0 Å². The van der Waals surface area contributed by atoms with Crippen LogP contribution in [0.25, 0.3) is 16.6 Å². The predicted octanol–water partition coefficient (Wildman–Crippen LogP) is 4.14. The molecule has 1 amide bonds. The SMILES string of the molecule is Cc1cc(C=Nn2c(=O)[nH]c3ccccc3c2=O)c(C)n1-c1ccc(OCC(=O)Nc2cccc(F)c2)cc1. The second-order valence-electron chi connectivity index (χ2n) is 8.84. The van der Waals surface area contributed by atoms with E-state index in [-0.39, 0.29) is 6.61 Å². The molecule has 5 aromatic rings. The molecule has 9 nitrogen and oxygen atoms in total. The Labute approximate surface area is 221 Å². The highest BCUT2D eigenvalue weighted by molar-refractivity contribution is 5.91. The molecule has 0 saturated heterocycles. The van der Waals surface area contributed by atoms with Crippen molar-refractivity contribution >= 4 is 28.7 Å². The first kappa shape index (κ1) is 25.4. The molecule has 2 heterocycles. The fourth-order valence-electron chi connectivity index (χ4n) is 4.30. The summed E-state index contributed by atoms with van der Waals surface area (Å²) < 4.78 is 21.7. The van der Waals surface area contributed by atoms with Gasteiger partial charge in [0.2, 0.25) is 0 Å². The number of nitrogens with one attached hydrogen (secondary N) is 2. The highest BCUT2D eigenvalue weighted by atomic mass is 19.1. The summed E-state index contributed by atoms with van der Waals surface area (Å²) in [6.45, 7) is 3.61. The maximum Gasteiger partial charge on any atom is 0.349 e. The van der Waals surface area contributed by atoms with Gasteiger partial charge in [-0.1, -0.05) is 18.2 Å². The van der Waals surface area contributed by atoms with Gasteiger partial charge in [-0.25, -0.2) is 9.18 Å². The van der Waals surface area contributed by atoms with Crippen LogP contribution in [0, 0.1) is 19.7 Å². The zero-order chi connectivity index (χ0) is 27.5. The number of halogens is 1. The van der Waals surface area contributed by atoms with Gasteiger partial charge in [-0.15, -0.1) is 4.68 Å². The number of hydrogen-bond acceptors (Lipinski definition) is 5. The first-order valence-electron chi connectivity index (χ1n) is 12.1. The lowest BCUT2D eigenvalue weighted by atomic mass is 10.2. The summed E-state index contributed by atoms with van der Waals surface area (Å²) >= 11 is 0. The van der Waals surface area contributed by atoms with E-state index >= 15 is 0 Å². The Morgan fingerprint density at radius 3 is 2.56 bits per heavy atom. The van der Waals surface area contributed by atoms with Crippen LogP contribution in [-0.2, 0) is 4.79 Å². The minimum atomic E-state index is -0.621. The molecule has 10 heteroatoms. The van der Waals surface area contributed by atoms with Gasteiger partial charge in [-0.3, -0.25) is 9.59 Å². The minimum absolute atomic E-state index is 0.231. The van der Waals surface area contributed by atoms with E-state index in [1.807, 2.05) is 36.6 Å². The molecule has 0 aliphatic carbocycles. The Bertz CT molecular complexity index is 1830. The summed E-state index contributed by atoms with van der Waals surface area (Å²) in [5.74, 6) is -0.354. The van der Waals surface area contributed by atoms with Gasteiger partial charge in [-0.2, -0.15) is 5.10 Å². The summed E-state index contributed by atoms with van der Waals surface area (Å²) in [5, 5.41) is 7.12. The quantitative estimate of drug-likeness (QED) is 0.311. The second kappa shape index (κ2) is 10.6. The number of H-pyrrole nitrogens is 1. The van der Waals surface area contributed by atoms with Crippen LogP contribution in [-0.4, -0.2) is 33.0 Å². The third-order valence-corrected chi connectivity index (χ3v) is 6.14. The molecule has 0 saturated carbocycles. The molecule has 2 aromatic heterocycles. The monoisotopic (exact) mass is 525 g/mol. The molecule has 0 fully saturated rings. The largest absolute Gasteiger partial charge is 0.484 e. The molecule has 3 aromatic carbocycles. The molecular weight excluding hydrogens is 501 g/mol. The summed E-state index contributed by atoms with van der Waals surface area (Å²) in [6.07, 6.45) is 1.49. The molecule has 0 spiro atoms. The van der Waals surface area contributed by atoms with Crippen LogP contribution in [0.5, 0.6) is 5.75 Å². The van der Waals surface area contributed by atoms with E-state index in [0.29, 0.717) is 22.3 Å². The highest BCUT2D eigenvalue weighted by Crippen LogP contribution is 2.22. The van der Waals surface area contributed by atoms with Crippen LogP contribution in [0.3, 0.4) is 0 Å². The maximum absolute atomic E-state index is 13.3. The first-order valence-corrected chi connectivity index (χ1v) is 12.1. The van der Waals surface area contributed by atoms with Gasteiger partial charge in [0.1, 0.15) is 11.6 Å². The number of aromatic amines is 1. The fourth-order valence-corrected chi connectivity index (χ4v) is 4.30. The topological polar surface area (TPSA) is 110 Å². The number of rotatable bonds is 7. The number of aryl methyl sites for hydroxylation is 1. The van der Waals surface area contributed by atoms with Gasteiger partial charge in [0, 0.05) is 28.3 Å². The zero-order valence-electron chi connectivity index (χ0n) is 21.1. The Morgan fingerprint density at radius 2 is 1.79 bits per heavy atom. The molecule has 0 aliphatic rings. The number of nitrogens with zero attached hydrogens (tertiary/aromatic N) is 3. The van der Waals surface area contributed by atoms with E-state index in [9.17, 15) is 18.8 Å². The second-order valence-corrected chi connectivity index (χ2v) is 8.84. The number of anilines is 1. The molecular formula is C29H24FN5O4. The molecule has 0 atom stereocenters. The van der Waals surface area contributed by atoms with Crippen molar-refractivity contribution < 1.29 is 13.9 Å². The number of amides is 1. The van der Waals surface area contributed by atoms with Crippen molar-refractivity contribution in [2.75, 3.05) is 11.9 Å². The smallest absolute Gasteiger partial charge is 0.349 e. The van der Waals surface area contributed by atoms with Crippen LogP contribution in [0.1, 0.15) is 17.0 Å². The number of benzene rings is 3. The number of carbonyl (C=O) groups excluding carboxylic acids is 1. The molecule has 2 N–H and O–H groups in total. The van der Waals surface area contributed by atoms with E-state index in [2.05, 4.69) is 15.4 Å². The average Bonchev–Trinajstić information content (AvgIpc) is 3.20. The third-order valence-electron chi connectivity index (χ3n) is 6.14. The summed E-state index contributed by atoms with van der Waals surface area (Å²) in [6, 6.07) is 21.5. The van der Waals surface area contributed by atoms with E-state index < -0.39 is 23.0 Å². The summed E-state index contributed by atoms with van der Waals surface area (Å²) in [7, 11) is 0. The van der Waals surface area contributed by atoms with Gasteiger partial charge in [0.15, 0.2) is 6.61 Å². The molecule has 0 radical (unpaired) electrons. The van der Waals surface area contributed by atoms with E-state index in [4.69, 9.17) is 4.74 Å². The number of para-hydroxylation sites is 1. The van der Waals surface area contributed by atoms with Gasteiger partial charge < -0.3 is 19.6 Å². The van der Waals surface area contributed by atoms with E-state index in [1.165, 1.54) is 24.4 Å². The maximum atomic E-state index is 13.3. The van der Waals surface area contributed by atoms with Crippen molar-refractivity contribution in [1.29, 1.82) is 0 Å².